The number of benzene rings is 2. The van der Waals surface area contributed by atoms with Crippen LogP contribution in [0.5, 0.6) is 11.6 Å². The van der Waals surface area contributed by atoms with E-state index >= 15 is 0 Å². The molecule has 0 atom stereocenters. The van der Waals surface area contributed by atoms with Crippen molar-refractivity contribution in [2.24, 2.45) is 10.2 Å². The number of aliphatic hydroxyl groups excluding tert-OH is 1. The number of hydrogen-bond donors (Lipinski definition) is 1. The minimum Gasteiger partial charge on any atom is -0.439 e. The third-order valence-electron chi connectivity index (χ3n) is 3.44. The molecule has 134 valence electrons. The first-order valence-electron chi connectivity index (χ1n) is 7.89. The van der Waals surface area contributed by atoms with Gasteiger partial charge in [0.05, 0.1) is 12.8 Å². The van der Waals surface area contributed by atoms with Crippen molar-refractivity contribution in [1.29, 1.82) is 0 Å². The van der Waals surface area contributed by atoms with Gasteiger partial charge in [-0.05, 0) is 48.0 Å². The monoisotopic (exact) mass is 381 g/mol. The van der Waals surface area contributed by atoms with Gasteiger partial charge in [0.2, 0.25) is 15.9 Å². The van der Waals surface area contributed by atoms with Crippen LogP contribution in [-0.2, 0) is 6.61 Å². The summed E-state index contributed by atoms with van der Waals surface area (Å²) in [6.45, 7) is -0.0240. The Balaban J connectivity index is 1.63. The predicted molar refractivity (Wildman–Crippen MR) is 99.1 cm³/mol. The van der Waals surface area contributed by atoms with Gasteiger partial charge in [0, 0.05) is 16.7 Å². The lowest BCUT2D eigenvalue weighted by atomic mass is 10.2. The standard InChI is InChI=1S/C19H14ClN4O3/c20-15-5-3-14(4-6-15)19(26)23-24-22-16-7-10-18(21-11-16)27-17-8-1-13(12-25)2-9-17/h1-11,25H,12H2/q+1. The lowest BCUT2D eigenvalue weighted by Gasteiger charge is -2.04. The number of ether oxygens (including phenoxy) is 1. The lowest BCUT2D eigenvalue weighted by Crippen LogP contribution is -1.93. The summed E-state index contributed by atoms with van der Waals surface area (Å²) in [4.78, 5) is 19.5. The molecule has 2 aromatic carbocycles. The summed E-state index contributed by atoms with van der Waals surface area (Å²) in [5, 5.41) is 16.9. The van der Waals surface area contributed by atoms with Crippen LogP contribution >= 0.6 is 11.6 Å². The van der Waals surface area contributed by atoms with Crippen LogP contribution in [0, 0.1) is 0 Å². The number of hydrogen-bond acceptors (Lipinski definition) is 5. The molecule has 1 amide bonds. The first-order chi connectivity index (χ1) is 13.1. The van der Waals surface area contributed by atoms with E-state index in [1.807, 2.05) is 0 Å². The minimum absolute atomic E-state index is 0.0240. The molecule has 0 radical (unpaired) electrons. The molecule has 0 aliphatic rings. The maximum absolute atomic E-state index is 11.8. The van der Waals surface area contributed by atoms with Crippen LogP contribution in [-0.4, -0.2) is 16.0 Å². The third-order valence-corrected chi connectivity index (χ3v) is 3.69. The number of nitrogens with zero attached hydrogens (tertiary/aromatic N) is 4. The SMILES string of the molecule is O=C(N=[N+]=Nc1ccc(Oc2ccc(CO)cc2)nc1)c1ccc(Cl)cc1. The second-order valence-electron chi connectivity index (χ2n) is 5.36. The Morgan fingerprint density at radius 2 is 1.81 bits per heavy atom. The van der Waals surface area contributed by atoms with Crippen LogP contribution in [0.4, 0.5) is 5.69 Å². The fraction of sp³-hybridized carbons (Fsp3) is 0.0526. The van der Waals surface area contributed by atoms with Crippen molar-refractivity contribution in [3.05, 3.63) is 83.0 Å². The Labute approximate surface area is 159 Å². The van der Waals surface area contributed by atoms with Gasteiger partial charge < -0.3 is 9.84 Å². The summed E-state index contributed by atoms with van der Waals surface area (Å²) in [6, 6.07) is 16.6. The smallest absolute Gasteiger partial charge is 0.360 e. The van der Waals surface area contributed by atoms with E-state index in [1.165, 1.54) is 6.20 Å². The first kappa shape index (κ1) is 18.4. The number of aromatic nitrogens is 1. The van der Waals surface area contributed by atoms with Crippen molar-refractivity contribution >= 4 is 23.2 Å². The fourth-order valence-electron chi connectivity index (χ4n) is 2.04. The maximum Gasteiger partial charge on any atom is 0.360 e. The minimum atomic E-state index is -0.519. The Bertz CT molecular complexity index is 981. The van der Waals surface area contributed by atoms with E-state index in [0.717, 1.165) is 5.56 Å². The quantitative estimate of drug-likeness (QED) is 0.521. The van der Waals surface area contributed by atoms with Gasteiger partial charge in [0.15, 0.2) is 10.8 Å². The largest absolute Gasteiger partial charge is 0.439 e. The maximum atomic E-state index is 11.8. The highest BCUT2D eigenvalue weighted by Crippen LogP contribution is 2.21. The van der Waals surface area contributed by atoms with Gasteiger partial charge >= 0.3 is 5.91 Å². The fourth-order valence-corrected chi connectivity index (χ4v) is 2.17. The van der Waals surface area contributed by atoms with Gasteiger partial charge in [0.1, 0.15) is 5.75 Å². The molecule has 1 N–H and O–H groups in total. The summed E-state index contributed by atoms with van der Waals surface area (Å²) in [5.41, 5.74) is 1.58. The second kappa shape index (κ2) is 8.82. The molecule has 0 saturated carbocycles. The topological polar surface area (TPSA) is 98.2 Å². The van der Waals surface area contributed by atoms with Gasteiger partial charge in [-0.25, -0.2) is 4.98 Å². The van der Waals surface area contributed by atoms with E-state index < -0.39 is 5.91 Å². The van der Waals surface area contributed by atoms with Crippen LogP contribution in [0.25, 0.3) is 0 Å². The molecule has 0 fully saturated rings. The van der Waals surface area contributed by atoms with Gasteiger partial charge in [-0.15, -0.1) is 0 Å². The summed E-state index contributed by atoms with van der Waals surface area (Å²) >= 11 is 5.77. The van der Waals surface area contributed by atoms with Gasteiger partial charge in [-0.2, -0.15) is 0 Å². The molecule has 0 bridgehead atoms. The number of aliphatic hydroxyl groups is 1. The first-order valence-corrected chi connectivity index (χ1v) is 8.27. The number of amides is 1. The summed E-state index contributed by atoms with van der Waals surface area (Å²) in [5.74, 6) is 0.451. The molecule has 27 heavy (non-hydrogen) atoms. The zero-order valence-corrected chi connectivity index (χ0v) is 14.7. The summed E-state index contributed by atoms with van der Waals surface area (Å²) < 4.78 is 5.59. The van der Waals surface area contributed by atoms with Gasteiger partial charge in [-0.1, -0.05) is 23.7 Å². The van der Waals surface area contributed by atoms with Crippen LogP contribution in [0.1, 0.15) is 15.9 Å². The molecule has 0 unspecified atom stereocenters. The summed E-state index contributed by atoms with van der Waals surface area (Å²) in [7, 11) is 0. The average Bonchev–Trinajstić information content (AvgIpc) is 2.70. The molecule has 0 spiro atoms. The average molecular weight is 382 g/mol. The van der Waals surface area contributed by atoms with E-state index in [4.69, 9.17) is 21.4 Å². The van der Waals surface area contributed by atoms with Crippen molar-refractivity contribution in [2.45, 2.75) is 6.61 Å². The molecular formula is C19H14ClN4O3+. The van der Waals surface area contributed by atoms with Crippen LogP contribution in [0.15, 0.2) is 77.1 Å². The number of pyridine rings is 1. The van der Waals surface area contributed by atoms with Gasteiger partial charge in [0.25, 0.3) is 0 Å². The Morgan fingerprint density at radius 1 is 1.07 bits per heavy atom. The van der Waals surface area contributed by atoms with Crippen molar-refractivity contribution in [3.63, 3.8) is 0 Å². The Kier molecular flexibility index (Phi) is 6.02. The number of halogens is 1. The normalized spacial score (nSPS) is 10.0. The lowest BCUT2D eigenvalue weighted by molar-refractivity contribution is 0.0992. The van der Waals surface area contributed by atoms with E-state index in [2.05, 4.69) is 20.1 Å². The summed E-state index contributed by atoms with van der Waals surface area (Å²) in [6.07, 6.45) is 1.45. The third kappa shape index (κ3) is 5.29. The van der Waals surface area contributed by atoms with Crippen LogP contribution in [0.3, 0.4) is 0 Å². The van der Waals surface area contributed by atoms with E-state index in [0.29, 0.717) is 27.9 Å². The Morgan fingerprint density at radius 3 is 2.44 bits per heavy atom. The van der Waals surface area contributed by atoms with Gasteiger partial charge in [-0.3, -0.25) is 4.79 Å². The molecule has 0 saturated heterocycles. The van der Waals surface area contributed by atoms with Crippen LogP contribution in [0.2, 0.25) is 5.02 Å². The highest BCUT2D eigenvalue weighted by atomic mass is 35.5. The molecule has 0 aliphatic carbocycles. The molecular weight excluding hydrogens is 368 g/mol. The number of carbonyl (C=O) groups is 1. The molecule has 3 aromatic rings. The molecule has 1 heterocycles. The van der Waals surface area contributed by atoms with Crippen molar-refractivity contribution < 1.29 is 14.6 Å². The molecule has 1 aromatic heterocycles. The number of carbonyl (C=O) groups excluding carboxylic acids is 1. The van der Waals surface area contributed by atoms with E-state index in [-0.39, 0.29) is 6.61 Å². The molecule has 8 heteroatoms. The molecule has 3 rings (SSSR count). The highest BCUT2D eigenvalue weighted by molar-refractivity contribution is 6.30. The molecule has 7 nitrogen and oxygen atoms in total. The zero-order chi connectivity index (χ0) is 19.1. The highest BCUT2D eigenvalue weighted by Gasteiger charge is 2.09. The Hall–Kier alpha value is -3.38. The zero-order valence-electron chi connectivity index (χ0n) is 14.0. The molecule has 0 aliphatic heterocycles. The van der Waals surface area contributed by atoms with E-state index in [9.17, 15) is 4.79 Å². The van der Waals surface area contributed by atoms with Crippen molar-refractivity contribution in [3.8, 4) is 11.6 Å². The predicted octanol–water partition coefficient (Wildman–Crippen LogP) is 4.46. The van der Waals surface area contributed by atoms with Crippen molar-refractivity contribution in [1.82, 2.24) is 9.90 Å². The number of rotatable bonds is 5. The van der Waals surface area contributed by atoms with Crippen LogP contribution < -0.4 is 9.65 Å². The second-order valence-corrected chi connectivity index (χ2v) is 5.80. The van der Waals surface area contributed by atoms with Crippen molar-refractivity contribution in [2.75, 3.05) is 0 Å². The van der Waals surface area contributed by atoms with E-state index in [1.54, 1.807) is 60.7 Å².